The lowest BCUT2D eigenvalue weighted by atomic mass is 9.43. The Morgan fingerprint density at radius 2 is 0.685 bits per heavy atom. The van der Waals surface area contributed by atoms with Crippen molar-refractivity contribution in [3.63, 3.8) is 0 Å². The van der Waals surface area contributed by atoms with E-state index in [1.54, 1.807) is 0 Å². The van der Waals surface area contributed by atoms with Crippen molar-refractivity contribution in [2.75, 3.05) is 0 Å². The molecule has 0 aromatic carbocycles. The second-order valence-corrected chi connectivity index (χ2v) is 29.6. The fraction of sp³-hybridized carbons (Fsp3) is 0.935. The van der Waals surface area contributed by atoms with Crippen LogP contribution < -0.4 is 0 Å². The van der Waals surface area contributed by atoms with Gasteiger partial charge in [0.05, 0.1) is 54.9 Å². The summed E-state index contributed by atoms with van der Waals surface area (Å²) in [7, 11) is 0. The molecular formula is C62H98O11. The number of fused-ring (bicyclic) bond motifs is 15. The Bertz CT molecular complexity index is 2040. The molecule has 9 unspecified atom stereocenters. The van der Waals surface area contributed by atoms with Gasteiger partial charge in [-0.3, -0.25) is 0 Å². The van der Waals surface area contributed by atoms with Gasteiger partial charge in [0.1, 0.15) is 0 Å². The summed E-state index contributed by atoms with van der Waals surface area (Å²) in [6, 6.07) is 0. The van der Waals surface area contributed by atoms with Gasteiger partial charge >= 0.3 is 0 Å². The quantitative estimate of drug-likeness (QED) is 0.120. The molecule has 11 N–H and O–H groups in total. The van der Waals surface area contributed by atoms with Crippen LogP contribution in [0.1, 0.15) is 183 Å². The SMILES string of the molecule is C#C[C@@]1(O)[C@@H](O)CC2C3C(CC[C@@]21C)[C@@]1(C)CC[C@H](O)C[C@H]1C[C@@H]3O.C#C[C@]1(O)[C@@H](O)CC2C3C(CC[C@@]21C)[C@@]1(C)CC[C@H](O)C[C@H]1C[C@@H]3O.C[C@H]1CC2C3C(CC[C@]2(C)[C@@H]1O)[C@@]1(C)CC[C@H](O)C[C@H]1C[C@@H]3O. The van der Waals surface area contributed by atoms with Gasteiger partial charge in [0, 0.05) is 10.8 Å². The maximum atomic E-state index is 11.0. The Balaban J connectivity index is 0.000000126. The Kier molecular flexibility index (Phi) is 14.0. The molecule has 0 heterocycles. The van der Waals surface area contributed by atoms with E-state index in [0.717, 1.165) is 109 Å². The van der Waals surface area contributed by atoms with E-state index in [4.69, 9.17) is 12.8 Å². The highest BCUT2D eigenvalue weighted by atomic mass is 16.4. The second kappa shape index (κ2) is 18.6. The first kappa shape index (κ1) is 55.0. The van der Waals surface area contributed by atoms with Crippen molar-refractivity contribution in [2.45, 2.75) is 249 Å². The topological polar surface area (TPSA) is 223 Å². The van der Waals surface area contributed by atoms with Gasteiger partial charge in [0.25, 0.3) is 0 Å². The van der Waals surface area contributed by atoms with Gasteiger partial charge in [0.15, 0.2) is 11.2 Å². The third-order valence-electron chi connectivity index (χ3n) is 27.1. The zero-order chi connectivity index (χ0) is 53.0. The molecule has 11 heteroatoms. The summed E-state index contributed by atoms with van der Waals surface area (Å²) in [5.74, 6) is 8.91. The molecule has 0 radical (unpaired) electrons. The van der Waals surface area contributed by atoms with Crippen LogP contribution in [0.5, 0.6) is 0 Å². The van der Waals surface area contributed by atoms with E-state index >= 15 is 0 Å². The highest BCUT2D eigenvalue weighted by molar-refractivity contribution is 5.29. The first-order valence-electron chi connectivity index (χ1n) is 29.6. The van der Waals surface area contributed by atoms with Crippen LogP contribution in [0.2, 0.25) is 0 Å². The molecule has 12 fully saturated rings. The van der Waals surface area contributed by atoms with E-state index in [0.29, 0.717) is 78.9 Å². The lowest BCUT2D eigenvalue weighted by Crippen LogP contribution is -2.60. The van der Waals surface area contributed by atoms with Crippen molar-refractivity contribution in [3.05, 3.63) is 0 Å². The molecule has 0 amide bonds. The van der Waals surface area contributed by atoms with Crippen molar-refractivity contribution in [1.82, 2.24) is 0 Å². The molecule has 0 saturated heterocycles. The number of hydrogen-bond donors (Lipinski definition) is 11. The number of terminal acetylenes is 2. The van der Waals surface area contributed by atoms with Crippen molar-refractivity contribution in [3.8, 4) is 24.7 Å². The van der Waals surface area contributed by atoms with Gasteiger partial charge < -0.3 is 56.2 Å². The molecule has 0 aliphatic heterocycles. The third-order valence-corrected chi connectivity index (χ3v) is 27.1. The van der Waals surface area contributed by atoms with E-state index in [2.05, 4.69) is 46.5 Å². The van der Waals surface area contributed by atoms with Gasteiger partial charge in [0.2, 0.25) is 0 Å². The summed E-state index contributed by atoms with van der Waals surface area (Å²) in [5.41, 5.74) is -3.54. The second-order valence-electron chi connectivity index (χ2n) is 29.6. The molecule has 0 aromatic heterocycles. The molecule has 0 bridgehead atoms. The standard InChI is InChI=1S/2C21H32O4.C20H34O3/c2*1-4-21(25)17(24)11-15-18-14(6-8-20(15,21)3)19(2)7-5-13(22)9-12(19)10-16(18)23;1-11-8-15-17-14(5-7-20(15,3)18(11)23)19(2)6-4-13(21)9-12(19)10-16(17)22/h2*1,12-18,22-25H,5-11H2,2-3H3;11-18,21-23H,4-10H2,1-3H3/t12-,13-,14?,15?,16-,17-,18?,19-,20-,21+;12-,13-,14?,15?,16-,17-,18?,19-,20-,21-;11-,12-,13-,14?,15?,16-,17?,18+,19-,20-/m000/s1. The molecule has 12 rings (SSSR count). The van der Waals surface area contributed by atoms with Gasteiger partial charge in [-0.05, 0) is 233 Å². The smallest absolute Gasteiger partial charge is 0.156 e. The summed E-state index contributed by atoms with van der Waals surface area (Å²) in [6.07, 6.45) is 25.6. The molecule has 0 spiro atoms. The van der Waals surface area contributed by atoms with Crippen LogP contribution in [-0.4, -0.2) is 122 Å². The molecule has 11 nitrogen and oxygen atoms in total. The summed E-state index contributed by atoms with van der Waals surface area (Å²) < 4.78 is 0. The maximum absolute atomic E-state index is 11.0. The predicted molar refractivity (Wildman–Crippen MR) is 278 cm³/mol. The minimum absolute atomic E-state index is 0.00105. The predicted octanol–water partition coefficient (Wildman–Crippen LogP) is 6.36. The van der Waals surface area contributed by atoms with Crippen LogP contribution in [0.25, 0.3) is 0 Å². The lowest BCUT2D eigenvalue weighted by Gasteiger charge is -2.62. The van der Waals surface area contributed by atoms with Crippen molar-refractivity contribution >= 4 is 0 Å². The van der Waals surface area contributed by atoms with Gasteiger partial charge in [-0.25, -0.2) is 0 Å². The normalized spacial score (nSPS) is 61.4. The third kappa shape index (κ3) is 7.80. The molecule has 30 atom stereocenters. The van der Waals surface area contributed by atoms with Crippen LogP contribution in [-0.2, 0) is 0 Å². The molecule has 12 aliphatic carbocycles. The van der Waals surface area contributed by atoms with Crippen molar-refractivity contribution < 1.29 is 56.2 Å². The zero-order valence-electron chi connectivity index (χ0n) is 45.6. The Morgan fingerprint density at radius 1 is 0.370 bits per heavy atom. The van der Waals surface area contributed by atoms with E-state index in [-0.39, 0.29) is 75.9 Å². The van der Waals surface area contributed by atoms with Crippen LogP contribution in [0.15, 0.2) is 0 Å². The van der Waals surface area contributed by atoms with E-state index < -0.39 is 46.4 Å². The van der Waals surface area contributed by atoms with E-state index in [9.17, 15) is 56.2 Å². The Labute approximate surface area is 438 Å². The zero-order valence-corrected chi connectivity index (χ0v) is 45.6. The number of aliphatic hydroxyl groups is 11. The monoisotopic (exact) mass is 1020 g/mol. The fourth-order valence-electron chi connectivity index (χ4n) is 22.5. The van der Waals surface area contributed by atoms with Gasteiger partial charge in [-0.1, -0.05) is 60.3 Å². The van der Waals surface area contributed by atoms with Crippen LogP contribution >= 0.6 is 0 Å². The summed E-state index contributed by atoms with van der Waals surface area (Å²) in [4.78, 5) is 0. The molecule has 412 valence electrons. The molecule has 0 aromatic rings. The lowest BCUT2D eigenvalue weighted by molar-refractivity contribution is -0.186. The summed E-state index contributed by atoms with van der Waals surface area (Å²) in [6.45, 7) is 15.6. The largest absolute Gasteiger partial charge is 0.393 e. The first-order chi connectivity index (χ1) is 34.1. The number of rotatable bonds is 0. The fourth-order valence-corrected chi connectivity index (χ4v) is 22.5. The highest BCUT2D eigenvalue weighted by Gasteiger charge is 2.71. The number of hydrogen-bond acceptors (Lipinski definition) is 11. The summed E-state index contributed by atoms with van der Waals surface area (Å²) in [5, 5.41) is 117. The van der Waals surface area contributed by atoms with Gasteiger partial charge in [-0.15, -0.1) is 12.8 Å². The highest BCUT2D eigenvalue weighted by Crippen LogP contribution is 2.71. The van der Waals surface area contributed by atoms with E-state index in [1.807, 2.05) is 13.8 Å². The molecule has 12 aliphatic rings. The van der Waals surface area contributed by atoms with E-state index in [1.165, 1.54) is 0 Å². The Morgan fingerprint density at radius 3 is 1.03 bits per heavy atom. The summed E-state index contributed by atoms with van der Waals surface area (Å²) >= 11 is 0. The number of aliphatic hydroxyl groups excluding tert-OH is 9. The van der Waals surface area contributed by atoms with Crippen molar-refractivity contribution in [2.24, 2.45) is 109 Å². The average molecular weight is 1020 g/mol. The van der Waals surface area contributed by atoms with Crippen LogP contribution in [0, 0.1) is 134 Å². The molecular weight excluding hydrogens is 921 g/mol. The maximum Gasteiger partial charge on any atom is 0.156 e. The van der Waals surface area contributed by atoms with Crippen LogP contribution in [0.3, 0.4) is 0 Å². The minimum Gasteiger partial charge on any atom is -0.393 e. The van der Waals surface area contributed by atoms with Crippen LogP contribution in [0.4, 0.5) is 0 Å². The van der Waals surface area contributed by atoms with Crippen molar-refractivity contribution in [1.29, 1.82) is 0 Å². The van der Waals surface area contributed by atoms with Gasteiger partial charge in [-0.2, -0.15) is 0 Å². The molecule has 12 saturated carbocycles. The Hall–Kier alpha value is -1.32. The molecule has 73 heavy (non-hydrogen) atoms. The minimum atomic E-state index is -1.50. The average Bonchev–Trinajstić information content (AvgIpc) is 3.80. The first-order valence-corrected chi connectivity index (χ1v) is 29.6.